The Morgan fingerprint density at radius 1 is 1.25 bits per heavy atom. The fraction of sp³-hybridized carbons (Fsp3) is 0.333. The smallest absolute Gasteiger partial charge is 0.231 e. The van der Waals surface area contributed by atoms with Gasteiger partial charge in [0.15, 0.2) is 0 Å². The maximum Gasteiger partial charge on any atom is 0.231 e. The molecule has 2 N–H and O–H groups in total. The lowest BCUT2D eigenvalue weighted by Crippen LogP contribution is -2.13. The zero-order valence-electron chi connectivity index (χ0n) is 9.69. The summed E-state index contributed by atoms with van der Waals surface area (Å²) < 4.78 is 5.06. The van der Waals surface area contributed by atoms with Crippen LogP contribution in [0.25, 0.3) is 11.3 Å². The molecule has 2 rings (SSSR count). The summed E-state index contributed by atoms with van der Waals surface area (Å²) in [5.41, 5.74) is 8.12. The lowest BCUT2D eigenvalue weighted by atomic mass is 9.88. The Kier molecular flexibility index (Phi) is 2.42. The molecular weight excluding hydrogens is 202 g/mol. The monoisotopic (exact) mass is 217 g/mol. The van der Waals surface area contributed by atoms with E-state index >= 15 is 0 Å². The molecule has 2 aromatic rings. The molecule has 4 heteroatoms. The van der Waals surface area contributed by atoms with Crippen LogP contribution in [0, 0.1) is 0 Å². The van der Waals surface area contributed by atoms with Crippen LogP contribution in [0.5, 0.6) is 0 Å². The molecule has 84 valence electrons. The van der Waals surface area contributed by atoms with Crippen LogP contribution in [0.15, 0.2) is 28.9 Å². The second-order valence-corrected chi connectivity index (χ2v) is 4.74. The van der Waals surface area contributed by atoms with E-state index in [9.17, 15) is 0 Å². The van der Waals surface area contributed by atoms with E-state index in [0.717, 1.165) is 17.0 Å². The lowest BCUT2D eigenvalue weighted by molar-refractivity contribution is 0.405. The number of nitrogens with zero attached hydrogens (tertiary/aromatic N) is 2. The highest BCUT2D eigenvalue weighted by molar-refractivity contribution is 5.73. The van der Waals surface area contributed by atoms with Gasteiger partial charge in [0, 0.05) is 11.6 Å². The molecule has 0 atom stereocenters. The van der Waals surface area contributed by atoms with Crippen molar-refractivity contribution >= 4 is 5.88 Å². The summed E-state index contributed by atoms with van der Waals surface area (Å²) in [6.07, 6.45) is 1.73. The van der Waals surface area contributed by atoms with Gasteiger partial charge >= 0.3 is 0 Å². The van der Waals surface area contributed by atoms with Gasteiger partial charge in [0.25, 0.3) is 0 Å². The van der Waals surface area contributed by atoms with Gasteiger partial charge in [-0.2, -0.15) is 0 Å². The fourth-order valence-corrected chi connectivity index (χ4v) is 1.57. The molecule has 0 saturated carbocycles. The van der Waals surface area contributed by atoms with Crippen molar-refractivity contribution in [2.75, 3.05) is 5.73 Å². The molecule has 0 amide bonds. The van der Waals surface area contributed by atoms with Crippen LogP contribution in [0.4, 0.5) is 5.88 Å². The highest BCUT2D eigenvalue weighted by atomic mass is 16.5. The highest BCUT2D eigenvalue weighted by Crippen LogP contribution is 2.35. The van der Waals surface area contributed by atoms with E-state index in [2.05, 4.69) is 30.9 Å². The average Bonchev–Trinajstić information content (AvgIpc) is 2.61. The highest BCUT2D eigenvalue weighted by Gasteiger charge is 2.26. The first-order valence-electron chi connectivity index (χ1n) is 5.17. The fourth-order valence-electron chi connectivity index (χ4n) is 1.57. The van der Waals surface area contributed by atoms with E-state index < -0.39 is 0 Å². The molecule has 0 aliphatic carbocycles. The number of hydrogen-bond donors (Lipinski definition) is 1. The van der Waals surface area contributed by atoms with Crippen molar-refractivity contribution in [2.45, 2.75) is 26.2 Å². The molecule has 0 aliphatic rings. The molecule has 0 unspecified atom stereocenters. The van der Waals surface area contributed by atoms with E-state index in [4.69, 9.17) is 10.3 Å². The van der Waals surface area contributed by atoms with Gasteiger partial charge in [0.05, 0.1) is 11.3 Å². The van der Waals surface area contributed by atoms with Crippen molar-refractivity contribution in [1.29, 1.82) is 0 Å². The van der Waals surface area contributed by atoms with Crippen LogP contribution >= 0.6 is 0 Å². The second-order valence-electron chi connectivity index (χ2n) is 4.74. The number of anilines is 1. The van der Waals surface area contributed by atoms with Crippen LogP contribution in [0.3, 0.4) is 0 Å². The van der Waals surface area contributed by atoms with E-state index in [0.29, 0.717) is 5.88 Å². The molecule has 0 fully saturated rings. The van der Waals surface area contributed by atoms with Crippen molar-refractivity contribution < 1.29 is 4.52 Å². The first kappa shape index (κ1) is 10.7. The first-order chi connectivity index (χ1) is 7.50. The maximum absolute atomic E-state index is 5.80. The average molecular weight is 217 g/mol. The summed E-state index contributed by atoms with van der Waals surface area (Å²) in [4.78, 5) is 4.28. The minimum Gasteiger partial charge on any atom is -0.367 e. The van der Waals surface area contributed by atoms with Crippen LogP contribution in [0.2, 0.25) is 0 Å². The number of rotatable bonds is 1. The maximum atomic E-state index is 5.80. The van der Waals surface area contributed by atoms with Gasteiger partial charge in [-0.05, 0) is 12.1 Å². The van der Waals surface area contributed by atoms with Gasteiger partial charge in [-0.3, -0.25) is 4.98 Å². The number of hydrogen-bond acceptors (Lipinski definition) is 4. The van der Waals surface area contributed by atoms with Crippen LogP contribution in [0.1, 0.15) is 26.5 Å². The molecule has 0 bridgehead atoms. The standard InChI is InChI=1S/C12H15N3O/c1-12(2,3)10-9(11(13)16-15-10)8-6-4-5-7-14-8/h4-7H,13H2,1-3H3. The van der Waals surface area contributed by atoms with Gasteiger partial charge in [-0.15, -0.1) is 0 Å². The van der Waals surface area contributed by atoms with Crippen molar-refractivity contribution in [3.05, 3.63) is 30.1 Å². The molecule has 0 saturated heterocycles. The van der Waals surface area contributed by atoms with E-state index in [-0.39, 0.29) is 5.41 Å². The molecule has 16 heavy (non-hydrogen) atoms. The Bertz CT molecular complexity index is 483. The Morgan fingerprint density at radius 3 is 2.56 bits per heavy atom. The SMILES string of the molecule is CC(C)(C)c1noc(N)c1-c1ccccn1. The summed E-state index contributed by atoms with van der Waals surface area (Å²) in [6, 6.07) is 5.68. The number of aromatic nitrogens is 2. The Morgan fingerprint density at radius 2 is 2.00 bits per heavy atom. The van der Waals surface area contributed by atoms with Crippen molar-refractivity contribution in [3.63, 3.8) is 0 Å². The summed E-state index contributed by atoms with van der Waals surface area (Å²) >= 11 is 0. The molecular formula is C12H15N3O. The number of pyridine rings is 1. The number of nitrogen functional groups attached to an aromatic ring is 1. The third-order valence-electron chi connectivity index (χ3n) is 2.35. The summed E-state index contributed by atoms with van der Waals surface area (Å²) in [7, 11) is 0. The van der Waals surface area contributed by atoms with E-state index in [1.807, 2.05) is 18.2 Å². The minimum atomic E-state index is -0.117. The Hall–Kier alpha value is -1.84. The third kappa shape index (κ3) is 1.78. The molecule has 0 aliphatic heterocycles. The van der Waals surface area contributed by atoms with E-state index in [1.54, 1.807) is 6.20 Å². The normalized spacial score (nSPS) is 11.7. The van der Waals surface area contributed by atoms with Crippen LogP contribution in [-0.4, -0.2) is 10.1 Å². The minimum absolute atomic E-state index is 0.117. The largest absolute Gasteiger partial charge is 0.367 e. The van der Waals surface area contributed by atoms with Crippen molar-refractivity contribution in [3.8, 4) is 11.3 Å². The van der Waals surface area contributed by atoms with Gasteiger partial charge in [0.1, 0.15) is 5.69 Å². The van der Waals surface area contributed by atoms with Gasteiger partial charge in [-0.25, -0.2) is 0 Å². The molecule has 0 aromatic carbocycles. The van der Waals surface area contributed by atoms with Crippen LogP contribution in [-0.2, 0) is 5.41 Å². The zero-order chi connectivity index (χ0) is 11.8. The predicted molar refractivity (Wildman–Crippen MR) is 62.8 cm³/mol. The summed E-state index contributed by atoms with van der Waals surface area (Å²) in [5, 5.41) is 4.02. The topological polar surface area (TPSA) is 64.9 Å². The number of nitrogens with two attached hydrogens (primary N) is 1. The van der Waals surface area contributed by atoms with Crippen LogP contribution < -0.4 is 5.73 Å². The Labute approximate surface area is 94.5 Å². The second kappa shape index (κ2) is 3.63. The van der Waals surface area contributed by atoms with Crippen molar-refractivity contribution in [1.82, 2.24) is 10.1 Å². The molecule has 0 radical (unpaired) electrons. The zero-order valence-corrected chi connectivity index (χ0v) is 9.69. The summed E-state index contributed by atoms with van der Waals surface area (Å²) in [5.74, 6) is 0.323. The molecule has 2 heterocycles. The quantitative estimate of drug-likeness (QED) is 0.797. The van der Waals surface area contributed by atoms with Gasteiger partial charge in [0.2, 0.25) is 5.88 Å². The van der Waals surface area contributed by atoms with Crippen molar-refractivity contribution in [2.24, 2.45) is 0 Å². The first-order valence-corrected chi connectivity index (χ1v) is 5.17. The predicted octanol–water partition coefficient (Wildman–Crippen LogP) is 2.62. The summed E-state index contributed by atoms with van der Waals surface area (Å²) in [6.45, 7) is 6.20. The Balaban J connectivity index is 2.61. The molecule has 0 spiro atoms. The molecule has 4 nitrogen and oxygen atoms in total. The van der Waals surface area contributed by atoms with E-state index in [1.165, 1.54) is 0 Å². The molecule has 2 aromatic heterocycles. The lowest BCUT2D eigenvalue weighted by Gasteiger charge is -2.16. The third-order valence-corrected chi connectivity index (χ3v) is 2.35. The van der Waals surface area contributed by atoms with Gasteiger partial charge in [-0.1, -0.05) is 32.0 Å². The van der Waals surface area contributed by atoms with Gasteiger partial charge < -0.3 is 10.3 Å².